The molecule has 0 aliphatic heterocycles. The van der Waals surface area contributed by atoms with Gasteiger partial charge in [-0.25, -0.2) is 5.84 Å². The summed E-state index contributed by atoms with van der Waals surface area (Å²) in [6.07, 6.45) is 1.74. The molecule has 1 aliphatic rings. The van der Waals surface area contributed by atoms with Crippen molar-refractivity contribution in [2.24, 2.45) is 10.8 Å². The highest BCUT2D eigenvalue weighted by molar-refractivity contribution is 5.83. The van der Waals surface area contributed by atoms with Gasteiger partial charge in [0.1, 0.15) is 6.54 Å². The van der Waals surface area contributed by atoms with Crippen LogP contribution < -0.4 is 16.2 Å². The third-order valence-electron chi connectivity index (χ3n) is 4.09. The number of hydrazine groups is 1. The van der Waals surface area contributed by atoms with Gasteiger partial charge in [0.05, 0.1) is 11.4 Å². The third-order valence-corrected chi connectivity index (χ3v) is 4.09. The van der Waals surface area contributed by atoms with Crippen molar-refractivity contribution in [2.45, 2.75) is 18.9 Å². The van der Waals surface area contributed by atoms with Crippen LogP contribution >= 0.6 is 0 Å². The number of amides is 1. The molecule has 0 bridgehead atoms. The summed E-state index contributed by atoms with van der Waals surface area (Å²) in [4.78, 5) is 16.2. The van der Waals surface area contributed by atoms with E-state index in [1.54, 1.807) is 0 Å². The molecule has 0 radical (unpaired) electrons. The first-order valence-corrected chi connectivity index (χ1v) is 7.61. The first-order chi connectivity index (χ1) is 11.2. The predicted octanol–water partition coefficient (Wildman–Crippen LogP) is 1.98. The molecule has 23 heavy (non-hydrogen) atoms. The lowest BCUT2D eigenvalue weighted by Gasteiger charge is -2.21. The number of nitrogens with zero attached hydrogens (tertiary/aromatic N) is 2. The maximum atomic E-state index is 12.3. The fourth-order valence-electron chi connectivity index (χ4n) is 3.01. The molecule has 0 unspecified atom stereocenters. The van der Waals surface area contributed by atoms with Crippen molar-refractivity contribution in [3.05, 3.63) is 59.7 Å². The highest BCUT2D eigenvalue weighted by Gasteiger charge is 2.23. The van der Waals surface area contributed by atoms with Gasteiger partial charge in [0.15, 0.2) is 0 Å². The Morgan fingerprint density at radius 2 is 1.78 bits per heavy atom. The van der Waals surface area contributed by atoms with E-state index in [0.717, 1.165) is 12.8 Å². The Morgan fingerprint density at radius 3 is 2.43 bits per heavy atom. The lowest BCUT2D eigenvalue weighted by Crippen LogP contribution is -2.45. The SMILES string of the molecule is C=Nc1ccccc1N(N)CC(=O)NC1Cc2ccccc2C1. The maximum Gasteiger partial charge on any atom is 0.241 e. The number of carbonyl (C=O) groups excluding carboxylic acids is 1. The zero-order chi connectivity index (χ0) is 16.2. The van der Waals surface area contributed by atoms with E-state index in [1.165, 1.54) is 16.1 Å². The normalized spacial score (nSPS) is 13.4. The molecule has 2 aromatic rings. The number of benzene rings is 2. The van der Waals surface area contributed by atoms with Crippen LogP contribution in [0.3, 0.4) is 0 Å². The van der Waals surface area contributed by atoms with Crippen molar-refractivity contribution in [3.63, 3.8) is 0 Å². The summed E-state index contributed by atoms with van der Waals surface area (Å²) < 4.78 is 0. The molecule has 118 valence electrons. The Hall–Kier alpha value is -2.66. The van der Waals surface area contributed by atoms with Gasteiger partial charge in [-0.3, -0.25) is 14.8 Å². The molecular formula is C18H20N4O. The lowest BCUT2D eigenvalue weighted by molar-refractivity contribution is -0.120. The first kappa shape index (κ1) is 15.2. The molecule has 0 fully saturated rings. The third kappa shape index (κ3) is 3.40. The number of aliphatic imine (C=N–C) groups is 1. The van der Waals surface area contributed by atoms with Gasteiger partial charge >= 0.3 is 0 Å². The largest absolute Gasteiger partial charge is 0.351 e. The number of hydrogen-bond acceptors (Lipinski definition) is 4. The molecular weight excluding hydrogens is 288 g/mol. The van der Waals surface area contributed by atoms with Crippen LogP contribution in [-0.4, -0.2) is 25.2 Å². The van der Waals surface area contributed by atoms with E-state index in [9.17, 15) is 4.79 Å². The van der Waals surface area contributed by atoms with Gasteiger partial charge in [0, 0.05) is 6.04 Å². The summed E-state index contributed by atoms with van der Waals surface area (Å²) >= 11 is 0. The summed E-state index contributed by atoms with van der Waals surface area (Å²) in [6.45, 7) is 3.61. The van der Waals surface area contributed by atoms with Crippen LogP contribution in [0.15, 0.2) is 53.5 Å². The van der Waals surface area contributed by atoms with Crippen molar-refractivity contribution in [2.75, 3.05) is 11.6 Å². The van der Waals surface area contributed by atoms with Crippen molar-refractivity contribution < 1.29 is 4.79 Å². The van der Waals surface area contributed by atoms with E-state index in [-0.39, 0.29) is 18.5 Å². The quantitative estimate of drug-likeness (QED) is 0.504. The second kappa shape index (κ2) is 6.62. The summed E-state index contributed by atoms with van der Waals surface area (Å²) in [5.41, 5.74) is 3.97. The Morgan fingerprint density at radius 1 is 1.17 bits per heavy atom. The van der Waals surface area contributed by atoms with Gasteiger partial charge < -0.3 is 5.32 Å². The van der Waals surface area contributed by atoms with Gasteiger partial charge in [-0.2, -0.15) is 0 Å². The van der Waals surface area contributed by atoms with Crippen LogP contribution in [-0.2, 0) is 17.6 Å². The van der Waals surface area contributed by atoms with Crippen LogP contribution in [0.5, 0.6) is 0 Å². The molecule has 5 nitrogen and oxygen atoms in total. The lowest BCUT2D eigenvalue weighted by atomic mass is 10.1. The zero-order valence-corrected chi connectivity index (χ0v) is 12.9. The molecule has 3 rings (SSSR count). The zero-order valence-electron chi connectivity index (χ0n) is 12.9. The summed E-state index contributed by atoms with van der Waals surface area (Å²) in [6, 6.07) is 15.8. The van der Waals surface area contributed by atoms with Crippen LogP contribution in [0.2, 0.25) is 0 Å². The first-order valence-electron chi connectivity index (χ1n) is 7.61. The van der Waals surface area contributed by atoms with E-state index < -0.39 is 0 Å². The molecule has 1 amide bonds. The van der Waals surface area contributed by atoms with Gasteiger partial charge in [-0.15, -0.1) is 0 Å². The van der Waals surface area contributed by atoms with Crippen LogP contribution in [0, 0.1) is 0 Å². The molecule has 0 saturated carbocycles. The van der Waals surface area contributed by atoms with Gasteiger partial charge in [0.2, 0.25) is 5.91 Å². The predicted molar refractivity (Wildman–Crippen MR) is 93.0 cm³/mol. The summed E-state index contributed by atoms with van der Waals surface area (Å²) in [5, 5.41) is 4.46. The molecule has 5 heteroatoms. The van der Waals surface area contributed by atoms with E-state index in [1.807, 2.05) is 36.4 Å². The standard InChI is InChI=1S/C18H20N4O/c1-20-16-8-4-5-9-17(16)22(19)12-18(23)21-15-10-13-6-2-3-7-14(13)11-15/h2-9,15H,1,10-12,19H2,(H,21,23). The van der Waals surface area contributed by atoms with Gasteiger partial charge in [0.25, 0.3) is 0 Å². The van der Waals surface area contributed by atoms with E-state index in [0.29, 0.717) is 11.4 Å². The Balaban J connectivity index is 1.59. The molecule has 0 atom stereocenters. The highest BCUT2D eigenvalue weighted by atomic mass is 16.2. The van der Waals surface area contributed by atoms with Crippen molar-refractivity contribution in [3.8, 4) is 0 Å². The molecule has 0 spiro atoms. The number of nitrogens with one attached hydrogen (secondary N) is 1. The highest BCUT2D eigenvalue weighted by Crippen LogP contribution is 2.26. The van der Waals surface area contributed by atoms with Crippen LogP contribution in [0.25, 0.3) is 0 Å². The minimum atomic E-state index is -0.0934. The smallest absolute Gasteiger partial charge is 0.241 e. The Bertz CT molecular complexity index is 703. The van der Waals surface area contributed by atoms with Crippen molar-refractivity contribution >= 4 is 24.0 Å². The van der Waals surface area contributed by atoms with E-state index in [2.05, 4.69) is 29.2 Å². The van der Waals surface area contributed by atoms with Crippen molar-refractivity contribution in [1.29, 1.82) is 0 Å². The second-order valence-corrected chi connectivity index (χ2v) is 5.72. The minimum Gasteiger partial charge on any atom is -0.351 e. The fourth-order valence-corrected chi connectivity index (χ4v) is 3.01. The summed E-state index contributed by atoms with van der Waals surface area (Å²) in [7, 11) is 0. The van der Waals surface area contributed by atoms with Crippen molar-refractivity contribution in [1.82, 2.24) is 5.32 Å². The monoisotopic (exact) mass is 308 g/mol. The number of carbonyl (C=O) groups is 1. The van der Waals surface area contributed by atoms with Crippen LogP contribution in [0.4, 0.5) is 11.4 Å². The van der Waals surface area contributed by atoms with Gasteiger partial charge in [-0.05, 0) is 42.8 Å². The number of rotatable bonds is 5. The summed E-state index contributed by atoms with van der Waals surface area (Å²) in [5.74, 6) is 5.92. The number of para-hydroxylation sites is 2. The fraction of sp³-hybridized carbons (Fsp3) is 0.222. The average Bonchev–Trinajstić information content (AvgIpc) is 2.96. The van der Waals surface area contributed by atoms with Crippen LogP contribution in [0.1, 0.15) is 11.1 Å². The van der Waals surface area contributed by atoms with E-state index in [4.69, 9.17) is 5.84 Å². The molecule has 2 aromatic carbocycles. The molecule has 3 N–H and O–H groups in total. The number of hydrogen-bond donors (Lipinski definition) is 2. The van der Waals surface area contributed by atoms with Gasteiger partial charge in [-0.1, -0.05) is 36.4 Å². The number of anilines is 1. The molecule has 0 aromatic heterocycles. The minimum absolute atomic E-state index is 0.0827. The topological polar surface area (TPSA) is 70.7 Å². The average molecular weight is 308 g/mol. The number of fused-ring (bicyclic) bond motifs is 1. The molecule has 1 aliphatic carbocycles. The maximum absolute atomic E-state index is 12.3. The Kier molecular flexibility index (Phi) is 4.39. The van der Waals surface area contributed by atoms with E-state index >= 15 is 0 Å². The Labute approximate surface area is 135 Å². The second-order valence-electron chi connectivity index (χ2n) is 5.72. The number of nitrogens with two attached hydrogens (primary N) is 1. The molecule has 0 saturated heterocycles. The molecule has 0 heterocycles.